The zero-order chi connectivity index (χ0) is 10.9. The van der Waals surface area contributed by atoms with Gasteiger partial charge in [-0.25, -0.2) is 13.1 Å². The minimum absolute atomic E-state index is 0.363. The summed E-state index contributed by atoms with van der Waals surface area (Å²) in [6, 6.07) is 3.68. The van der Waals surface area contributed by atoms with Crippen molar-refractivity contribution in [3.63, 3.8) is 0 Å². The first-order valence-corrected chi connectivity index (χ1v) is 8.18. The number of rotatable bonds is 2. The van der Waals surface area contributed by atoms with Crippen molar-refractivity contribution in [1.82, 2.24) is 4.72 Å². The van der Waals surface area contributed by atoms with E-state index in [2.05, 4.69) is 27.3 Å². The molecule has 0 radical (unpaired) electrons. The van der Waals surface area contributed by atoms with Gasteiger partial charge in [0.05, 0.1) is 0 Å². The summed E-state index contributed by atoms with van der Waals surface area (Å²) in [7, 11) is -1.93. The second-order valence-corrected chi connectivity index (χ2v) is 7.80. The minimum atomic E-state index is -3.34. The fourth-order valence-electron chi connectivity index (χ4n) is 0.888. The lowest BCUT2D eigenvalue weighted by molar-refractivity contribution is 0.587. The van der Waals surface area contributed by atoms with E-state index in [1.54, 1.807) is 0 Å². The van der Waals surface area contributed by atoms with Gasteiger partial charge in [-0.2, -0.15) is 0 Å². The van der Waals surface area contributed by atoms with E-state index in [1.807, 2.05) is 57.3 Å². The molecule has 0 bridgehead atoms. The van der Waals surface area contributed by atoms with Gasteiger partial charge in [0, 0.05) is 10.7 Å². The highest BCUT2D eigenvalue weighted by Gasteiger charge is 2.19. The molecule has 3 nitrogen and oxygen atoms in total. The van der Waals surface area contributed by atoms with E-state index in [9.17, 15) is 8.42 Å². The van der Waals surface area contributed by atoms with Gasteiger partial charge >= 0.3 is 0 Å². The van der Waals surface area contributed by atoms with E-state index in [-0.39, 0.29) is 0 Å². The van der Waals surface area contributed by atoms with Gasteiger partial charge in [0.2, 0.25) is 10.0 Å². The Kier molecular flexibility index (Phi) is 4.88. The molecule has 0 amide bonds. The van der Waals surface area contributed by atoms with Crippen LogP contribution in [0.2, 0.25) is 0 Å². The standard InChI is InChI=1S/C7H6I3NO2S/c1-11-14(12,13)7-5(9)2-4(8)3-6(7)10/h2-3,11H,1H3. The molecule has 0 aliphatic heterocycles. The van der Waals surface area contributed by atoms with E-state index in [4.69, 9.17) is 0 Å². The maximum Gasteiger partial charge on any atom is 0.242 e. The highest BCUT2D eigenvalue weighted by Crippen LogP contribution is 2.26. The zero-order valence-corrected chi connectivity index (χ0v) is 14.3. The molecule has 14 heavy (non-hydrogen) atoms. The molecule has 0 atom stereocenters. The lowest BCUT2D eigenvalue weighted by atomic mass is 10.4. The zero-order valence-electron chi connectivity index (χ0n) is 7.01. The van der Waals surface area contributed by atoms with Crippen molar-refractivity contribution in [3.05, 3.63) is 22.8 Å². The number of halogens is 3. The normalized spacial score (nSPS) is 11.7. The van der Waals surface area contributed by atoms with Crippen LogP contribution >= 0.6 is 67.8 Å². The summed E-state index contributed by atoms with van der Waals surface area (Å²) in [4.78, 5) is 0.363. The SMILES string of the molecule is CNS(=O)(=O)c1c(I)cc(I)cc1I. The van der Waals surface area contributed by atoms with Crippen LogP contribution in [0.15, 0.2) is 17.0 Å². The number of nitrogens with one attached hydrogen (secondary N) is 1. The van der Waals surface area contributed by atoms with E-state index in [0.717, 1.165) is 10.7 Å². The van der Waals surface area contributed by atoms with Crippen molar-refractivity contribution in [2.45, 2.75) is 4.90 Å². The third-order valence-corrected chi connectivity index (χ3v) is 6.07. The van der Waals surface area contributed by atoms with Crippen LogP contribution in [0.4, 0.5) is 0 Å². The molecule has 0 fully saturated rings. The molecular formula is C7H6I3NO2S. The summed E-state index contributed by atoms with van der Waals surface area (Å²) in [6.45, 7) is 0. The number of benzene rings is 1. The fourth-order valence-corrected chi connectivity index (χ4v) is 7.05. The Bertz CT molecular complexity index is 435. The van der Waals surface area contributed by atoms with Gasteiger partial charge in [0.15, 0.2) is 0 Å². The predicted molar refractivity (Wildman–Crippen MR) is 80.8 cm³/mol. The van der Waals surface area contributed by atoms with E-state index in [1.165, 1.54) is 7.05 Å². The van der Waals surface area contributed by atoms with Gasteiger partial charge in [-0.1, -0.05) is 0 Å². The van der Waals surface area contributed by atoms with Crippen molar-refractivity contribution in [2.75, 3.05) is 7.05 Å². The molecule has 0 aliphatic carbocycles. The van der Waals surface area contributed by atoms with Crippen molar-refractivity contribution in [1.29, 1.82) is 0 Å². The first kappa shape index (κ1) is 13.4. The Morgan fingerprint density at radius 3 is 1.93 bits per heavy atom. The van der Waals surface area contributed by atoms with Crippen LogP contribution < -0.4 is 4.72 Å². The third kappa shape index (κ3) is 2.92. The first-order valence-electron chi connectivity index (χ1n) is 3.46. The topological polar surface area (TPSA) is 46.2 Å². The molecule has 1 rings (SSSR count). The van der Waals surface area contributed by atoms with Gasteiger partial charge < -0.3 is 0 Å². The molecule has 0 saturated carbocycles. The molecule has 1 N–H and O–H groups in total. The van der Waals surface area contributed by atoms with Gasteiger partial charge in [0.25, 0.3) is 0 Å². The maximum atomic E-state index is 11.6. The van der Waals surface area contributed by atoms with Crippen LogP contribution in [0.25, 0.3) is 0 Å². The lowest BCUT2D eigenvalue weighted by Crippen LogP contribution is -2.21. The van der Waals surface area contributed by atoms with Crippen LogP contribution in [0.3, 0.4) is 0 Å². The van der Waals surface area contributed by atoms with Crippen LogP contribution in [0, 0.1) is 10.7 Å². The lowest BCUT2D eigenvalue weighted by Gasteiger charge is -2.08. The molecule has 0 saturated heterocycles. The Morgan fingerprint density at radius 2 is 1.57 bits per heavy atom. The smallest absolute Gasteiger partial charge is 0.214 e. The largest absolute Gasteiger partial charge is 0.242 e. The molecule has 0 unspecified atom stereocenters. The monoisotopic (exact) mass is 549 g/mol. The van der Waals surface area contributed by atoms with Crippen LogP contribution in [-0.2, 0) is 10.0 Å². The Hall–Kier alpha value is 1.32. The van der Waals surface area contributed by atoms with Crippen LogP contribution in [-0.4, -0.2) is 15.5 Å². The molecule has 7 heteroatoms. The minimum Gasteiger partial charge on any atom is -0.214 e. The maximum absolute atomic E-state index is 11.6. The highest BCUT2D eigenvalue weighted by molar-refractivity contribution is 14.1. The second kappa shape index (κ2) is 5.10. The Labute approximate surface area is 124 Å². The average Bonchev–Trinajstić information content (AvgIpc) is 2.01. The number of hydrogen-bond acceptors (Lipinski definition) is 2. The van der Waals surface area contributed by atoms with Crippen molar-refractivity contribution in [2.24, 2.45) is 0 Å². The van der Waals surface area contributed by atoms with Gasteiger partial charge in [-0.3, -0.25) is 0 Å². The number of hydrogen-bond donors (Lipinski definition) is 1. The summed E-state index contributed by atoms with van der Waals surface area (Å²) < 4.78 is 28.1. The molecule has 0 spiro atoms. The van der Waals surface area contributed by atoms with E-state index < -0.39 is 10.0 Å². The summed E-state index contributed by atoms with van der Waals surface area (Å²) in [5.41, 5.74) is 0. The Balaban J connectivity index is 3.51. The summed E-state index contributed by atoms with van der Waals surface area (Å²) in [6.07, 6.45) is 0. The third-order valence-electron chi connectivity index (χ3n) is 1.50. The quantitative estimate of drug-likeness (QED) is 0.577. The molecule has 0 aromatic heterocycles. The van der Waals surface area contributed by atoms with E-state index >= 15 is 0 Å². The predicted octanol–water partition coefficient (Wildman–Crippen LogP) is 2.41. The number of sulfonamides is 1. The summed E-state index contributed by atoms with van der Waals surface area (Å²) >= 11 is 6.23. The molecule has 78 valence electrons. The highest BCUT2D eigenvalue weighted by atomic mass is 127. The van der Waals surface area contributed by atoms with Gasteiger partial charge in [-0.15, -0.1) is 0 Å². The summed E-state index contributed by atoms with van der Waals surface area (Å²) in [5.74, 6) is 0. The fraction of sp³-hybridized carbons (Fsp3) is 0.143. The summed E-state index contributed by atoms with van der Waals surface area (Å²) in [5, 5.41) is 0. The second-order valence-electron chi connectivity index (χ2n) is 2.41. The van der Waals surface area contributed by atoms with Crippen molar-refractivity contribution < 1.29 is 8.42 Å². The molecule has 0 aliphatic rings. The van der Waals surface area contributed by atoms with E-state index in [0.29, 0.717) is 4.90 Å². The Morgan fingerprint density at radius 1 is 1.14 bits per heavy atom. The molecular weight excluding hydrogens is 543 g/mol. The van der Waals surface area contributed by atoms with Crippen molar-refractivity contribution in [3.8, 4) is 0 Å². The van der Waals surface area contributed by atoms with Gasteiger partial charge in [-0.05, 0) is 87.0 Å². The molecule has 0 heterocycles. The average molecular weight is 549 g/mol. The molecule has 1 aromatic carbocycles. The van der Waals surface area contributed by atoms with Crippen LogP contribution in [0.1, 0.15) is 0 Å². The van der Waals surface area contributed by atoms with Gasteiger partial charge in [0.1, 0.15) is 4.90 Å². The van der Waals surface area contributed by atoms with Crippen LogP contribution in [0.5, 0.6) is 0 Å². The first-order chi connectivity index (χ1) is 6.38. The molecule has 1 aromatic rings. The van der Waals surface area contributed by atoms with Crippen molar-refractivity contribution >= 4 is 77.8 Å².